The molecule has 3 rings (SSSR count). The summed E-state index contributed by atoms with van der Waals surface area (Å²) in [4.78, 5) is 38.7. The molecule has 0 saturated carbocycles. The summed E-state index contributed by atoms with van der Waals surface area (Å²) in [6.07, 6.45) is -1.75. The molecule has 2 saturated heterocycles. The van der Waals surface area contributed by atoms with E-state index in [9.17, 15) is 14.4 Å². The topological polar surface area (TPSA) is 127 Å². The SMILES string of the molecule is COC(=O)CO[C@H]1C2O[Si](C(C)C)(C(C)C)O[Si](C(C)C)(C(C)C)OC[C@H]2O[C@H]1n1ccc(=O)[nH]c1=O. The summed E-state index contributed by atoms with van der Waals surface area (Å²) in [7, 11) is -4.54. The van der Waals surface area contributed by atoms with Crippen LogP contribution in [-0.2, 0) is 32.0 Å². The lowest BCUT2D eigenvalue weighted by Gasteiger charge is -2.51. The number of carbonyl (C=O) groups excluding carboxylic acids is 1. The molecule has 0 aliphatic carbocycles. The van der Waals surface area contributed by atoms with E-state index in [1.165, 1.54) is 23.9 Å². The Morgan fingerprint density at radius 1 is 1.05 bits per heavy atom. The van der Waals surface area contributed by atoms with Gasteiger partial charge in [-0.3, -0.25) is 14.3 Å². The Hall–Kier alpha value is -1.62. The molecule has 37 heavy (non-hydrogen) atoms. The molecule has 1 aromatic heterocycles. The van der Waals surface area contributed by atoms with Crippen molar-refractivity contribution in [1.29, 1.82) is 0 Å². The second kappa shape index (κ2) is 11.6. The molecule has 1 N–H and O–H groups in total. The van der Waals surface area contributed by atoms with Crippen molar-refractivity contribution in [2.24, 2.45) is 0 Å². The zero-order chi connectivity index (χ0) is 27.7. The summed E-state index contributed by atoms with van der Waals surface area (Å²) in [6, 6.07) is 1.24. The molecule has 2 aliphatic rings. The van der Waals surface area contributed by atoms with Gasteiger partial charge in [0.2, 0.25) is 0 Å². The number of methoxy groups -OCH3 is 1. The van der Waals surface area contributed by atoms with Crippen molar-refractivity contribution in [1.82, 2.24) is 9.55 Å². The Kier molecular flexibility index (Phi) is 9.41. The van der Waals surface area contributed by atoms with Crippen LogP contribution in [0.25, 0.3) is 0 Å². The summed E-state index contributed by atoms with van der Waals surface area (Å²) >= 11 is 0. The summed E-state index contributed by atoms with van der Waals surface area (Å²) < 4.78 is 39.5. The van der Waals surface area contributed by atoms with Crippen molar-refractivity contribution in [3.05, 3.63) is 33.1 Å². The molecule has 0 spiro atoms. The summed E-state index contributed by atoms with van der Waals surface area (Å²) in [5.41, 5.74) is -0.739. The molecule has 0 aromatic carbocycles. The molecule has 13 heteroatoms. The quantitative estimate of drug-likeness (QED) is 0.378. The first kappa shape index (κ1) is 29.9. The number of aromatic nitrogens is 2. The third kappa shape index (κ3) is 5.72. The number of esters is 1. The van der Waals surface area contributed by atoms with Gasteiger partial charge >= 0.3 is 28.8 Å². The molecule has 2 fully saturated rings. The lowest BCUT2D eigenvalue weighted by Crippen LogP contribution is -2.66. The van der Waals surface area contributed by atoms with Gasteiger partial charge in [-0.2, -0.15) is 0 Å². The van der Waals surface area contributed by atoms with Gasteiger partial charge < -0.3 is 27.2 Å². The van der Waals surface area contributed by atoms with Crippen molar-refractivity contribution < 1.29 is 32.0 Å². The molecule has 4 atom stereocenters. The Balaban J connectivity index is 2.14. The van der Waals surface area contributed by atoms with Gasteiger partial charge in [0.25, 0.3) is 5.56 Å². The number of nitrogens with zero attached hydrogens (tertiary/aromatic N) is 1. The number of hydrogen-bond acceptors (Lipinski definition) is 9. The molecular formula is C24H42N2O9Si2. The average Bonchev–Trinajstić information content (AvgIpc) is 3.12. The van der Waals surface area contributed by atoms with Crippen LogP contribution in [0.3, 0.4) is 0 Å². The third-order valence-electron chi connectivity index (χ3n) is 7.36. The van der Waals surface area contributed by atoms with Gasteiger partial charge in [-0.05, 0) is 22.2 Å². The fourth-order valence-corrected chi connectivity index (χ4v) is 16.6. The van der Waals surface area contributed by atoms with Crippen molar-refractivity contribution in [2.75, 3.05) is 20.3 Å². The van der Waals surface area contributed by atoms with E-state index in [2.05, 4.69) is 60.4 Å². The van der Waals surface area contributed by atoms with Crippen LogP contribution in [0.5, 0.6) is 0 Å². The minimum absolute atomic E-state index is 0.0651. The number of aromatic amines is 1. The lowest BCUT2D eigenvalue weighted by molar-refractivity contribution is -0.152. The Labute approximate surface area is 220 Å². The van der Waals surface area contributed by atoms with Crippen LogP contribution in [-0.4, -0.2) is 71.3 Å². The van der Waals surface area contributed by atoms with E-state index in [4.69, 9.17) is 27.2 Å². The van der Waals surface area contributed by atoms with Crippen LogP contribution >= 0.6 is 0 Å². The summed E-state index contributed by atoms with van der Waals surface area (Å²) in [6.45, 7) is 16.8. The van der Waals surface area contributed by atoms with Gasteiger partial charge in [0.05, 0.1) is 13.7 Å². The van der Waals surface area contributed by atoms with Gasteiger partial charge in [0.1, 0.15) is 24.9 Å². The highest BCUT2D eigenvalue weighted by Crippen LogP contribution is 2.48. The second-order valence-corrected chi connectivity index (χ2v) is 19.8. The number of fused-ring (bicyclic) bond motifs is 1. The number of hydrogen-bond donors (Lipinski definition) is 1. The molecule has 0 amide bonds. The van der Waals surface area contributed by atoms with E-state index < -0.39 is 58.9 Å². The first-order valence-corrected chi connectivity index (χ1v) is 16.9. The number of H-pyrrole nitrogens is 1. The summed E-state index contributed by atoms with van der Waals surface area (Å²) in [5.74, 6) is -0.573. The van der Waals surface area contributed by atoms with Crippen LogP contribution in [0.15, 0.2) is 21.9 Å². The highest BCUT2D eigenvalue weighted by Gasteiger charge is 2.62. The standard InChI is InChI=1S/C24H42N2O9Si2/c1-14(2)36(15(3)4)32-12-18-21(34-37(35-36,16(5)6)17(7)8)22(31-13-20(28)30-9)23(33-18)26-11-10-19(27)25-24(26)29/h10-11,14-18,21-23H,12-13H2,1-9H3,(H,25,27,29)/t18-,21?,22+,23-/m1/s1. The van der Waals surface area contributed by atoms with Crippen LogP contribution in [0, 0.1) is 0 Å². The Morgan fingerprint density at radius 2 is 1.65 bits per heavy atom. The molecular weight excluding hydrogens is 516 g/mol. The van der Waals surface area contributed by atoms with Crippen molar-refractivity contribution in [3.63, 3.8) is 0 Å². The summed E-state index contributed by atoms with van der Waals surface area (Å²) in [5, 5.41) is 0. The van der Waals surface area contributed by atoms with E-state index in [1.807, 2.05) is 0 Å². The maximum Gasteiger partial charge on any atom is 0.335 e. The zero-order valence-electron chi connectivity index (χ0n) is 23.3. The maximum absolute atomic E-state index is 12.7. The molecule has 1 unspecified atom stereocenters. The molecule has 210 valence electrons. The maximum atomic E-state index is 12.7. The molecule has 2 aliphatic heterocycles. The Bertz CT molecular complexity index is 1040. The minimum Gasteiger partial charge on any atom is -0.467 e. The highest BCUT2D eigenvalue weighted by molar-refractivity contribution is 6.83. The fourth-order valence-electron chi connectivity index (χ4n) is 5.37. The van der Waals surface area contributed by atoms with Gasteiger partial charge in [0.15, 0.2) is 6.23 Å². The van der Waals surface area contributed by atoms with Crippen LogP contribution < -0.4 is 11.2 Å². The predicted octanol–water partition coefficient (Wildman–Crippen LogP) is 2.95. The number of ether oxygens (including phenoxy) is 3. The Morgan fingerprint density at radius 3 is 2.16 bits per heavy atom. The fraction of sp³-hybridized carbons (Fsp3) is 0.792. The zero-order valence-corrected chi connectivity index (χ0v) is 25.3. The monoisotopic (exact) mass is 558 g/mol. The van der Waals surface area contributed by atoms with Gasteiger partial charge in [-0.25, -0.2) is 9.59 Å². The van der Waals surface area contributed by atoms with Crippen molar-refractivity contribution >= 4 is 23.1 Å². The van der Waals surface area contributed by atoms with E-state index in [1.54, 1.807) is 0 Å². The molecule has 0 radical (unpaired) electrons. The van der Waals surface area contributed by atoms with Crippen LogP contribution in [0.4, 0.5) is 0 Å². The smallest absolute Gasteiger partial charge is 0.335 e. The average molecular weight is 559 g/mol. The van der Waals surface area contributed by atoms with E-state index in [0.717, 1.165) is 0 Å². The van der Waals surface area contributed by atoms with Gasteiger partial charge in [0, 0.05) is 12.3 Å². The van der Waals surface area contributed by atoms with E-state index >= 15 is 0 Å². The van der Waals surface area contributed by atoms with Crippen LogP contribution in [0.1, 0.15) is 61.6 Å². The minimum atomic E-state index is -3.01. The number of carbonyl (C=O) groups is 1. The molecule has 11 nitrogen and oxygen atoms in total. The largest absolute Gasteiger partial charge is 0.467 e. The van der Waals surface area contributed by atoms with Gasteiger partial charge in [-0.15, -0.1) is 0 Å². The third-order valence-corrected chi connectivity index (χ3v) is 17.6. The highest BCUT2D eigenvalue weighted by atomic mass is 28.5. The van der Waals surface area contributed by atoms with Crippen LogP contribution in [0.2, 0.25) is 22.2 Å². The van der Waals surface area contributed by atoms with Crippen molar-refractivity contribution in [3.8, 4) is 0 Å². The molecule has 1 aromatic rings. The predicted molar refractivity (Wildman–Crippen MR) is 141 cm³/mol. The molecule has 3 heterocycles. The second-order valence-electron chi connectivity index (χ2n) is 11.0. The molecule has 0 bridgehead atoms. The first-order chi connectivity index (χ1) is 17.3. The van der Waals surface area contributed by atoms with Crippen molar-refractivity contribution in [2.45, 2.75) is 102 Å². The van der Waals surface area contributed by atoms with Gasteiger partial charge in [-0.1, -0.05) is 55.4 Å². The first-order valence-electron chi connectivity index (χ1n) is 13.0. The van der Waals surface area contributed by atoms with E-state index in [0.29, 0.717) is 0 Å². The number of nitrogens with one attached hydrogen (secondary N) is 1. The lowest BCUT2D eigenvalue weighted by atomic mass is 10.1. The normalized spacial score (nSPS) is 27.4. The number of rotatable bonds is 8. The van der Waals surface area contributed by atoms with E-state index in [-0.39, 0.29) is 35.4 Å².